The van der Waals surface area contributed by atoms with E-state index in [9.17, 15) is 22.4 Å². The quantitative estimate of drug-likeness (QED) is 0.304. The monoisotopic (exact) mass is 526 g/mol. The average molecular weight is 527 g/mol. The molecule has 1 atom stereocenters. The van der Waals surface area contributed by atoms with Crippen LogP contribution in [0.4, 0.5) is 23.2 Å². The number of aromatic nitrogens is 5. The number of rotatable bonds is 4. The summed E-state index contributed by atoms with van der Waals surface area (Å²) in [5.74, 6) is -4.42. The van der Waals surface area contributed by atoms with Crippen LogP contribution < -0.4 is 4.90 Å². The molecule has 0 N–H and O–H groups in total. The van der Waals surface area contributed by atoms with Gasteiger partial charge in [0.15, 0.2) is 11.6 Å². The van der Waals surface area contributed by atoms with Crippen LogP contribution >= 0.6 is 0 Å². The number of alkyl halides is 2. The van der Waals surface area contributed by atoms with Crippen molar-refractivity contribution >= 4 is 22.6 Å². The zero-order valence-electron chi connectivity index (χ0n) is 21.0. The Hall–Kier alpha value is -3.76. The van der Waals surface area contributed by atoms with E-state index in [2.05, 4.69) is 10.3 Å². The number of aryl methyl sites for hydroxylation is 2. The van der Waals surface area contributed by atoms with Gasteiger partial charge in [0.25, 0.3) is 0 Å². The van der Waals surface area contributed by atoms with Gasteiger partial charge in [0.1, 0.15) is 5.82 Å². The maximum absolute atomic E-state index is 14.1. The summed E-state index contributed by atoms with van der Waals surface area (Å²) >= 11 is 0. The summed E-state index contributed by atoms with van der Waals surface area (Å²) in [4.78, 5) is 19.4. The third-order valence-corrected chi connectivity index (χ3v) is 7.73. The fraction of sp³-hybridized carbons (Fsp3) is 0.407. The van der Waals surface area contributed by atoms with Gasteiger partial charge in [-0.1, -0.05) is 11.3 Å². The Labute approximate surface area is 216 Å². The molecule has 3 heterocycles. The molecule has 1 amide bonds. The molecule has 6 rings (SSSR count). The Morgan fingerprint density at radius 3 is 2.45 bits per heavy atom. The molecule has 2 fully saturated rings. The van der Waals surface area contributed by atoms with E-state index in [4.69, 9.17) is 4.98 Å². The molecule has 4 aromatic rings. The topological polar surface area (TPSA) is 68.8 Å². The first-order valence-electron chi connectivity index (χ1n) is 12.7. The molecular formula is C27H26F4N6O. The number of imidazole rings is 1. The zero-order valence-corrected chi connectivity index (χ0v) is 21.0. The van der Waals surface area contributed by atoms with Crippen molar-refractivity contribution in [3.63, 3.8) is 0 Å². The number of fused-ring (bicyclic) bond motifs is 1. The van der Waals surface area contributed by atoms with Gasteiger partial charge in [-0.3, -0.25) is 4.79 Å². The van der Waals surface area contributed by atoms with Crippen LogP contribution in [-0.4, -0.2) is 36.4 Å². The minimum atomic E-state index is -2.70. The zero-order chi connectivity index (χ0) is 26.8. The van der Waals surface area contributed by atoms with Crippen molar-refractivity contribution in [2.75, 3.05) is 4.90 Å². The highest BCUT2D eigenvalue weighted by atomic mass is 19.3. The van der Waals surface area contributed by atoms with Crippen molar-refractivity contribution in [2.45, 2.75) is 63.5 Å². The molecule has 2 aromatic carbocycles. The van der Waals surface area contributed by atoms with Crippen molar-refractivity contribution in [2.24, 2.45) is 7.05 Å². The lowest BCUT2D eigenvalue weighted by Gasteiger charge is -2.32. The lowest BCUT2D eigenvalue weighted by molar-refractivity contribution is -0.117. The lowest BCUT2D eigenvalue weighted by atomic mass is 9.91. The Bertz CT molecular complexity index is 1530. The van der Waals surface area contributed by atoms with Gasteiger partial charge < -0.3 is 9.47 Å². The number of anilines is 1. The van der Waals surface area contributed by atoms with E-state index in [-0.39, 0.29) is 49.7 Å². The standard InChI is InChI=1S/C27H26F4N6O/c1-15-25(35(2)34-33-15)16-3-6-22-21(13-16)32-26(37(22)17-9-11-27(30,31)12-10-17)23-7-8-24(38)36(23)18-4-5-19(28)20(29)14-18/h3-6,13-14,17,23H,7-12H2,1-2H3/t23-/m0/s1. The van der Waals surface area contributed by atoms with Crippen molar-refractivity contribution in [3.05, 3.63) is 59.6 Å². The number of amides is 1. The summed E-state index contributed by atoms with van der Waals surface area (Å²) in [5.41, 5.74) is 4.11. The molecule has 2 aliphatic rings. The third kappa shape index (κ3) is 4.04. The smallest absolute Gasteiger partial charge is 0.248 e. The summed E-state index contributed by atoms with van der Waals surface area (Å²) in [6.45, 7) is 1.86. The average Bonchev–Trinajstić information content (AvgIpc) is 3.55. The molecule has 198 valence electrons. The normalized spacial score (nSPS) is 20.1. The number of carbonyl (C=O) groups excluding carboxylic acids is 1. The highest BCUT2D eigenvalue weighted by molar-refractivity contribution is 5.96. The van der Waals surface area contributed by atoms with E-state index in [1.165, 1.54) is 11.0 Å². The summed E-state index contributed by atoms with van der Waals surface area (Å²) in [6.07, 6.45) is 0.701. The van der Waals surface area contributed by atoms with Crippen LogP contribution in [-0.2, 0) is 11.8 Å². The molecule has 0 unspecified atom stereocenters. The van der Waals surface area contributed by atoms with Gasteiger partial charge in [0, 0.05) is 49.7 Å². The van der Waals surface area contributed by atoms with E-state index in [0.29, 0.717) is 17.8 Å². The van der Waals surface area contributed by atoms with Crippen LogP contribution in [0, 0.1) is 18.6 Å². The second-order valence-corrected chi connectivity index (χ2v) is 10.2. The Kier molecular flexibility index (Phi) is 5.77. The lowest BCUT2D eigenvalue weighted by Crippen LogP contribution is -2.32. The van der Waals surface area contributed by atoms with Gasteiger partial charge in [-0.15, -0.1) is 5.10 Å². The van der Waals surface area contributed by atoms with Crippen molar-refractivity contribution in [1.29, 1.82) is 0 Å². The molecular weight excluding hydrogens is 500 g/mol. The van der Waals surface area contributed by atoms with E-state index in [1.807, 2.05) is 29.7 Å². The van der Waals surface area contributed by atoms with E-state index >= 15 is 0 Å². The maximum atomic E-state index is 14.1. The van der Waals surface area contributed by atoms with Crippen molar-refractivity contribution in [3.8, 4) is 11.3 Å². The van der Waals surface area contributed by atoms with E-state index < -0.39 is 23.6 Å². The van der Waals surface area contributed by atoms with Crippen LogP contribution in [0.15, 0.2) is 36.4 Å². The van der Waals surface area contributed by atoms with Gasteiger partial charge in [-0.25, -0.2) is 27.2 Å². The molecule has 38 heavy (non-hydrogen) atoms. The largest absolute Gasteiger partial charge is 0.323 e. The summed E-state index contributed by atoms with van der Waals surface area (Å²) in [7, 11) is 1.80. The number of hydrogen-bond donors (Lipinski definition) is 0. The SMILES string of the molecule is Cc1nnn(C)c1-c1ccc2c(c1)nc([C@@H]1CCC(=O)N1c1ccc(F)c(F)c1)n2C1CCC(F)(F)CC1. The van der Waals surface area contributed by atoms with Crippen LogP contribution in [0.1, 0.15) is 62.1 Å². The van der Waals surface area contributed by atoms with Gasteiger partial charge in [-0.2, -0.15) is 0 Å². The molecule has 7 nitrogen and oxygen atoms in total. The van der Waals surface area contributed by atoms with E-state index in [1.54, 1.807) is 11.7 Å². The number of halogens is 4. The summed E-state index contributed by atoms with van der Waals surface area (Å²) in [6, 6.07) is 8.36. The Balaban J connectivity index is 1.50. The molecule has 1 aliphatic carbocycles. The number of nitrogens with zero attached hydrogens (tertiary/aromatic N) is 6. The van der Waals surface area contributed by atoms with Crippen molar-refractivity contribution in [1.82, 2.24) is 24.5 Å². The minimum absolute atomic E-state index is 0.209. The summed E-state index contributed by atoms with van der Waals surface area (Å²) < 4.78 is 59.6. The van der Waals surface area contributed by atoms with Crippen LogP contribution in [0.2, 0.25) is 0 Å². The van der Waals surface area contributed by atoms with Gasteiger partial charge in [0.2, 0.25) is 11.8 Å². The third-order valence-electron chi connectivity index (χ3n) is 7.73. The number of carbonyl (C=O) groups is 1. The first-order valence-corrected chi connectivity index (χ1v) is 12.7. The van der Waals surface area contributed by atoms with Crippen LogP contribution in [0.3, 0.4) is 0 Å². The predicted molar refractivity (Wildman–Crippen MR) is 133 cm³/mol. The molecule has 0 bridgehead atoms. The van der Waals surface area contributed by atoms with Crippen LogP contribution in [0.5, 0.6) is 0 Å². The first kappa shape index (κ1) is 24.6. The Morgan fingerprint density at radius 1 is 1.00 bits per heavy atom. The minimum Gasteiger partial charge on any atom is -0.323 e. The fourth-order valence-electron chi connectivity index (χ4n) is 5.91. The molecule has 0 spiro atoms. The molecule has 2 aromatic heterocycles. The first-order chi connectivity index (χ1) is 18.1. The van der Waals surface area contributed by atoms with Gasteiger partial charge in [0.05, 0.1) is 28.5 Å². The molecule has 0 radical (unpaired) electrons. The highest BCUT2D eigenvalue weighted by Gasteiger charge is 2.41. The van der Waals surface area contributed by atoms with E-state index in [0.717, 1.165) is 34.6 Å². The van der Waals surface area contributed by atoms with Gasteiger partial charge >= 0.3 is 0 Å². The second kappa shape index (κ2) is 8.92. The fourth-order valence-corrected chi connectivity index (χ4v) is 5.91. The summed E-state index contributed by atoms with van der Waals surface area (Å²) in [5, 5.41) is 8.20. The van der Waals surface area contributed by atoms with Crippen LogP contribution in [0.25, 0.3) is 22.3 Å². The second-order valence-electron chi connectivity index (χ2n) is 10.2. The Morgan fingerprint density at radius 2 is 1.76 bits per heavy atom. The van der Waals surface area contributed by atoms with Gasteiger partial charge in [-0.05, 0) is 50.5 Å². The molecule has 1 saturated carbocycles. The molecule has 1 aliphatic heterocycles. The number of benzene rings is 2. The predicted octanol–water partition coefficient (Wildman–Crippen LogP) is 6.04. The molecule has 11 heteroatoms. The number of hydrogen-bond acceptors (Lipinski definition) is 4. The highest BCUT2D eigenvalue weighted by Crippen LogP contribution is 2.44. The van der Waals surface area contributed by atoms with Crippen molar-refractivity contribution < 1.29 is 22.4 Å². The molecule has 1 saturated heterocycles. The maximum Gasteiger partial charge on any atom is 0.248 e.